The Morgan fingerprint density at radius 2 is 1.50 bits per heavy atom. The molecule has 102 valence electrons. The van der Waals surface area contributed by atoms with Crippen molar-refractivity contribution in [3.63, 3.8) is 0 Å². The van der Waals surface area contributed by atoms with Gasteiger partial charge in [-0.05, 0) is 10.5 Å². The quantitative estimate of drug-likeness (QED) is 0.779. The molecule has 1 atom stereocenters. The lowest BCUT2D eigenvalue weighted by Gasteiger charge is -2.27. The smallest absolute Gasteiger partial charge is 0.204 e. The predicted molar refractivity (Wildman–Crippen MR) is 87.0 cm³/mol. The van der Waals surface area contributed by atoms with Crippen LogP contribution in [0.3, 0.4) is 0 Å². The van der Waals surface area contributed by atoms with E-state index in [1.54, 1.807) is 48.5 Å². The first-order valence-corrected chi connectivity index (χ1v) is 7.65. The molecule has 0 aliphatic rings. The summed E-state index contributed by atoms with van der Waals surface area (Å²) in [6, 6.07) is 17.6. The summed E-state index contributed by atoms with van der Waals surface area (Å²) in [6.45, 7) is 0. The first-order valence-electron chi connectivity index (χ1n) is 5.94. The van der Waals surface area contributed by atoms with E-state index in [0.717, 1.165) is 0 Å². The highest BCUT2D eigenvalue weighted by molar-refractivity contribution is 9.14. The second-order valence-corrected chi connectivity index (χ2v) is 5.54. The van der Waals surface area contributed by atoms with Crippen LogP contribution in [0.5, 0.6) is 0 Å². The van der Waals surface area contributed by atoms with Crippen molar-refractivity contribution in [3.8, 4) is 0 Å². The van der Waals surface area contributed by atoms with E-state index in [1.165, 1.54) is 4.99 Å². The van der Waals surface area contributed by atoms with Gasteiger partial charge in [-0.25, -0.2) is 0 Å². The van der Waals surface area contributed by atoms with Crippen molar-refractivity contribution in [1.82, 2.24) is 0 Å². The molecule has 4 heteroatoms. The van der Waals surface area contributed by atoms with Crippen LogP contribution >= 0.6 is 31.9 Å². The van der Waals surface area contributed by atoms with Crippen LogP contribution in [0.15, 0.2) is 70.1 Å². The molecule has 0 bridgehead atoms. The topological polar surface area (TPSA) is 37.3 Å². The molecule has 1 unspecified atom stereocenters. The van der Waals surface area contributed by atoms with Gasteiger partial charge in [0.25, 0.3) is 0 Å². The van der Waals surface area contributed by atoms with Gasteiger partial charge in [0.1, 0.15) is 0 Å². The van der Waals surface area contributed by atoms with E-state index >= 15 is 0 Å². The fourth-order valence-corrected chi connectivity index (χ4v) is 2.67. The predicted octanol–water partition coefficient (Wildman–Crippen LogP) is 4.39. The Labute approximate surface area is 134 Å². The van der Waals surface area contributed by atoms with Gasteiger partial charge in [0.15, 0.2) is 5.60 Å². The summed E-state index contributed by atoms with van der Waals surface area (Å²) in [5.41, 5.74) is -0.784. The summed E-state index contributed by atoms with van der Waals surface area (Å²) in [5, 5.41) is 11.0. The molecule has 0 aromatic heterocycles. The van der Waals surface area contributed by atoms with Crippen molar-refractivity contribution in [3.05, 3.63) is 81.3 Å². The summed E-state index contributed by atoms with van der Waals surface area (Å²) in [7, 11) is 0. The summed E-state index contributed by atoms with van der Waals surface area (Å²) in [4.78, 5) is 14.2. The lowest BCUT2D eigenvalue weighted by Crippen LogP contribution is -2.36. The minimum Gasteiger partial charge on any atom is -0.372 e. The van der Waals surface area contributed by atoms with Crippen LogP contribution in [-0.4, -0.2) is 10.9 Å². The molecule has 0 radical (unpaired) electrons. The number of hydrogen-bond donors (Lipinski definition) is 1. The van der Waals surface area contributed by atoms with E-state index < -0.39 is 5.60 Å². The minimum absolute atomic E-state index is 0.352. The summed E-state index contributed by atoms with van der Waals surface area (Å²) in [6.07, 6.45) is 0. The zero-order valence-electron chi connectivity index (χ0n) is 10.5. The largest absolute Gasteiger partial charge is 0.372 e. The SMILES string of the molecule is O=C(c1ccccc1)C(O)(C(Br)=CBr)c1ccccc1. The van der Waals surface area contributed by atoms with E-state index in [1.807, 2.05) is 12.1 Å². The van der Waals surface area contributed by atoms with E-state index in [0.29, 0.717) is 15.6 Å². The van der Waals surface area contributed by atoms with Crippen LogP contribution in [0.1, 0.15) is 15.9 Å². The maximum absolute atomic E-state index is 12.7. The highest BCUT2D eigenvalue weighted by Crippen LogP contribution is 2.37. The monoisotopic (exact) mass is 394 g/mol. The van der Waals surface area contributed by atoms with E-state index in [2.05, 4.69) is 31.9 Å². The van der Waals surface area contributed by atoms with Crippen LogP contribution in [0.4, 0.5) is 0 Å². The Hall–Kier alpha value is -1.23. The average molecular weight is 396 g/mol. The molecular formula is C16H12Br2O2. The molecule has 0 aliphatic carbocycles. The number of carbonyl (C=O) groups excluding carboxylic acids is 1. The summed E-state index contributed by atoms with van der Waals surface area (Å²) in [5.74, 6) is -0.383. The fourth-order valence-electron chi connectivity index (χ4n) is 1.93. The standard InChI is InChI=1S/C16H12Br2O2/c17-11-14(18)16(20,13-9-5-2-6-10-13)15(19)12-7-3-1-4-8-12/h1-11,20H. The first kappa shape index (κ1) is 15.2. The molecule has 0 amide bonds. The second-order valence-electron chi connectivity index (χ2n) is 4.23. The van der Waals surface area contributed by atoms with Crippen molar-refractivity contribution in [2.75, 3.05) is 0 Å². The van der Waals surface area contributed by atoms with Crippen LogP contribution in [0, 0.1) is 0 Å². The Morgan fingerprint density at radius 1 is 1.00 bits per heavy atom. The van der Waals surface area contributed by atoms with Crippen molar-refractivity contribution in [1.29, 1.82) is 0 Å². The molecule has 0 spiro atoms. The van der Waals surface area contributed by atoms with Gasteiger partial charge in [-0.15, -0.1) is 0 Å². The molecule has 0 saturated heterocycles. The molecule has 1 N–H and O–H groups in total. The minimum atomic E-state index is -1.74. The maximum atomic E-state index is 12.7. The normalized spacial score (nSPS) is 14.7. The van der Waals surface area contributed by atoms with Gasteiger partial charge in [0, 0.05) is 10.0 Å². The van der Waals surface area contributed by atoms with Crippen molar-refractivity contribution in [2.24, 2.45) is 0 Å². The van der Waals surface area contributed by atoms with Crippen LogP contribution in [0.2, 0.25) is 0 Å². The third-order valence-electron chi connectivity index (χ3n) is 3.00. The molecule has 20 heavy (non-hydrogen) atoms. The van der Waals surface area contributed by atoms with Crippen molar-refractivity contribution in [2.45, 2.75) is 5.60 Å². The van der Waals surface area contributed by atoms with Crippen LogP contribution in [-0.2, 0) is 5.60 Å². The number of ketones is 1. The summed E-state index contributed by atoms with van der Waals surface area (Å²) >= 11 is 6.45. The zero-order chi connectivity index (χ0) is 14.6. The van der Waals surface area contributed by atoms with Crippen LogP contribution < -0.4 is 0 Å². The van der Waals surface area contributed by atoms with E-state index in [9.17, 15) is 9.90 Å². The Balaban J connectivity index is 2.57. The molecule has 2 aromatic rings. The first-order chi connectivity index (χ1) is 9.60. The number of benzene rings is 2. The van der Waals surface area contributed by atoms with Gasteiger partial charge < -0.3 is 5.11 Å². The number of hydrogen-bond acceptors (Lipinski definition) is 2. The molecule has 0 saturated carbocycles. The molecule has 0 heterocycles. The third kappa shape index (κ3) is 2.77. The number of halogens is 2. The van der Waals surface area contributed by atoms with Crippen LogP contribution in [0.25, 0.3) is 0 Å². The van der Waals surface area contributed by atoms with Crippen molar-refractivity contribution < 1.29 is 9.90 Å². The number of carbonyl (C=O) groups is 1. The Bertz CT molecular complexity index is 623. The number of aliphatic hydroxyl groups is 1. The molecular weight excluding hydrogens is 384 g/mol. The summed E-state index contributed by atoms with van der Waals surface area (Å²) < 4.78 is 0.352. The fraction of sp³-hybridized carbons (Fsp3) is 0.0625. The van der Waals surface area contributed by atoms with E-state index in [-0.39, 0.29) is 5.78 Å². The molecule has 2 nitrogen and oxygen atoms in total. The van der Waals surface area contributed by atoms with Gasteiger partial charge in [-0.1, -0.05) is 92.5 Å². The highest BCUT2D eigenvalue weighted by Gasteiger charge is 2.41. The van der Waals surface area contributed by atoms with E-state index in [4.69, 9.17) is 0 Å². The molecule has 2 rings (SSSR count). The second kappa shape index (κ2) is 6.48. The zero-order valence-corrected chi connectivity index (χ0v) is 13.6. The molecule has 0 fully saturated rings. The lowest BCUT2D eigenvalue weighted by molar-refractivity contribution is 0.0508. The molecule has 0 aliphatic heterocycles. The lowest BCUT2D eigenvalue weighted by atomic mass is 9.86. The highest BCUT2D eigenvalue weighted by atomic mass is 79.9. The van der Waals surface area contributed by atoms with Crippen molar-refractivity contribution >= 4 is 37.6 Å². The van der Waals surface area contributed by atoms with Gasteiger partial charge in [-0.2, -0.15) is 0 Å². The third-order valence-corrected chi connectivity index (χ3v) is 4.87. The van der Waals surface area contributed by atoms with Gasteiger partial charge >= 0.3 is 0 Å². The maximum Gasteiger partial charge on any atom is 0.204 e. The van der Waals surface area contributed by atoms with Gasteiger partial charge in [-0.3, -0.25) is 4.79 Å². The Morgan fingerprint density at radius 3 is 2.00 bits per heavy atom. The van der Waals surface area contributed by atoms with Gasteiger partial charge in [0.2, 0.25) is 5.78 Å². The number of rotatable bonds is 4. The van der Waals surface area contributed by atoms with Gasteiger partial charge in [0.05, 0.1) is 0 Å². The number of Topliss-reactive ketones (excluding diaryl/α,β-unsaturated/α-hetero) is 1. The molecule has 2 aromatic carbocycles. The Kier molecular flexibility index (Phi) is 4.91. The average Bonchev–Trinajstić information content (AvgIpc) is 2.54.